The Morgan fingerprint density at radius 1 is 1.23 bits per heavy atom. The summed E-state index contributed by atoms with van der Waals surface area (Å²) in [6, 6.07) is 8.77. The van der Waals surface area contributed by atoms with Crippen LogP contribution in [0.25, 0.3) is 5.69 Å². The van der Waals surface area contributed by atoms with E-state index in [-0.39, 0.29) is 31.8 Å². The highest BCUT2D eigenvalue weighted by Crippen LogP contribution is 2.39. The van der Waals surface area contributed by atoms with Crippen LogP contribution in [0.1, 0.15) is 53.2 Å². The molecular weight excluding hydrogens is 338 g/mol. The van der Waals surface area contributed by atoms with E-state index in [0.29, 0.717) is 22.7 Å². The number of carbonyl (C=O) groups excluding carboxylic acids is 1. The molecule has 1 aliphatic carbocycles. The highest BCUT2D eigenvalue weighted by molar-refractivity contribution is 5.98. The lowest BCUT2D eigenvalue weighted by Gasteiger charge is -2.32. The molecule has 1 amide bonds. The average molecular weight is 356 g/mol. The predicted octanol–water partition coefficient (Wildman–Crippen LogP) is 3.49. The van der Waals surface area contributed by atoms with Gasteiger partial charge in [0.25, 0.3) is 11.8 Å². The van der Waals surface area contributed by atoms with Gasteiger partial charge in [-0.25, -0.2) is 13.5 Å². The molecule has 1 aromatic carbocycles. The van der Waals surface area contributed by atoms with Crippen LogP contribution in [0.15, 0.2) is 30.5 Å². The molecule has 1 aromatic heterocycles. The first kappa shape index (κ1) is 16.7. The number of nitriles is 1. The van der Waals surface area contributed by atoms with Crippen molar-refractivity contribution in [1.82, 2.24) is 14.7 Å². The minimum absolute atomic E-state index is 0.0255. The minimum Gasteiger partial charge on any atom is -0.338 e. The van der Waals surface area contributed by atoms with Crippen LogP contribution in [-0.4, -0.2) is 39.6 Å². The van der Waals surface area contributed by atoms with Gasteiger partial charge in [-0.05, 0) is 37.1 Å². The summed E-state index contributed by atoms with van der Waals surface area (Å²) in [6.07, 6.45) is 3.37. The first-order chi connectivity index (χ1) is 12.5. The van der Waals surface area contributed by atoms with Crippen molar-refractivity contribution < 1.29 is 13.6 Å². The molecule has 0 unspecified atom stereocenters. The van der Waals surface area contributed by atoms with E-state index >= 15 is 0 Å². The van der Waals surface area contributed by atoms with Gasteiger partial charge in [0.1, 0.15) is 0 Å². The van der Waals surface area contributed by atoms with E-state index in [2.05, 4.69) is 11.2 Å². The van der Waals surface area contributed by atoms with E-state index < -0.39 is 5.92 Å². The Morgan fingerprint density at radius 2 is 1.96 bits per heavy atom. The maximum absolute atomic E-state index is 13.4. The Bertz CT molecular complexity index is 885. The Balaban J connectivity index is 1.67. The molecule has 2 heterocycles. The number of alkyl halides is 2. The number of piperidine rings is 1. The quantitative estimate of drug-likeness (QED) is 0.846. The van der Waals surface area contributed by atoms with Gasteiger partial charge in [-0.15, -0.1) is 0 Å². The molecule has 26 heavy (non-hydrogen) atoms. The number of aromatic nitrogens is 2. The van der Waals surface area contributed by atoms with Gasteiger partial charge in [0.2, 0.25) is 0 Å². The molecule has 0 atom stereocenters. The van der Waals surface area contributed by atoms with E-state index in [0.717, 1.165) is 18.5 Å². The van der Waals surface area contributed by atoms with Crippen LogP contribution in [0.5, 0.6) is 0 Å². The Kier molecular flexibility index (Phi) is 3.98. The maximum atomic E-state index is 13.4. The summed E-state index contributed by atoms with van der Waals surface area (Å²) < 4.78 is 28.4. The van der Waals surface area contributed by atoms with E-state index in [4.69, 9.17) is 0 Å². The van der Waals surface area contributed by atoms with Gasteiger partial charge in [0.15, 0.2) is 0 Å². The third kappa shape index (κ3) is 3.19. The molecule has 0 radical (unpaired) electrons. The fourth-order valence-corrected chi connectivity index (χ4v) is 3.25. The maximum Gasteiger partial charge on any atom is 0.256 e. The second-order valence-corrected chi connectivity index (χ2v) is 6.95. The number of benzene rings is 1. The van der Waals surface area contributed by atoms with Gasteiger partial charge in [0, 0.05) is 38.0 Å². The predicted molar refractivity (Wildman–Crippen MR) is 90.3 cm³/mol. The molecule has 2 fully saturated rings. The fourth-order valence-electron chi connectivity index (χ4n) is 3.25. The van der Waals surface area contributed by atoms with Gasteiger partial charge >= 0.3 is 0 Å². The molecule has 0 spiro atoms. The topological polar surface area (TPSA) is 61.9 Å². The highest BCUT2D eigenvalue weighted by Gasteiger charge is 2.36. The Morgan fingerprint density at radius 3 is 2.62 bits per heavy atom. The van der Waals surface area contributed by atoms with E-state index in [1.165, 1.54) is 4.90 Å². The lowest BCUT2D eigenvalue weighted by atomic mass is 10.0. The SMILES string of the molecule is N#Cc1ccc(C(=O)N2CCC(F)(F)CC2)c(-n2ccc(C3CC3)n2)c1. The Hall–Kier alpha value is -2.75. The smallest absolute Gasteiger partial charge is 0.256 e. The van der Waals surface area contributed by atoms with Crippen LogP contribution in [0.2, 0.25) is 0 Å². The highest BCUT2D eigenvalue weighted by atomic mass is 19.3. The normalized spacial score (nSPS) is 19.2. The summed E-state index contributed by atoms with van der Waals surface area (Å²) in [7, 11) is 0. The molecule has 7 heteroatoms. The van der Waals surface area contributed by atoms with Crippen LogP contribution in [0, 0.1) is 11.3 Å². The van der Waals surface area contributed by atoms with Crippen LogP contribution >= 0.6 is 0 Å². The summed E-state index contributed by atoms with van der Waals surface area (Å²) in [4.78, 5) is 14.4. The third-order valence-electron chi connectivity index (χ3n) is 4.99. The lowest BCUT2D eigenvalue weighted by Crippen LogP contribution is -2.43. The van der Waals surface area contributed by atoms with Crippen LogP contribution in [0.4, 0.5) is 8.78 Å². The Labute approximate surface area is 149 Å². The molecule has 134 valence electrons. The minimum atomic E-state index is -2.70. The number of amides is 1. The summed E-state index contributed by atoms with van der Waals surface area (Å²) in [6.45, 7) is 0.0510. The van der Waals surface area contributed by atoms with Crippen molar-refractivity contribution in [3.63, 3.8) is 0 Å². The van der Waals surface area contributed by atoms with Crippen LogP contribution in [-0.2, 0) is 0 Å². The number of carbonyl (C=O) groups is 1. The molecule has 2 aliphatic rings. The largest absolute Gasteiger partial charge is 0.338 e. The first-order valence-electron chi connectivity index (χ1n) is 8.74. The zero-order valence-corrected chi connectivity index (χ0v) is 14.2. The summed E-state index contributed by atoms with van der Waals surface area (Å²) in [5.74, 6) is -2.53. The van der Waals surface area contributed by atoms with E-state index in [1.807, 2.05) is 6.07 Å². The molecule has 0 N–H and O–H groups in total. The third-order valence-corrected chi connectivity index (χ3v) is 4.99. The molecule has 5 nitrogen and oxygen atoms in total. The van der Waals surface area contributed by atoms with Crippen molar-refractivity contribution in [2.75, 3.05) is 13.1 Å². The lowest BCUT2D eigenvalue weighted by molar-refractivity contribution is -0.0494. The molecule has 0 bridgehead atoms. The average Bonchev–Trinajstić information content (AvgIpc) is 3.37. The number of nitrogens with zero attached hydrogens (tertiary/aromatic N) is 4. The summed E-state index contributed by atoms with van der Waals surface area (Å²) in [5, 5.41) is 13.7. The molecule has 1 aliphatic heterocycles. The molecule has 4 rings (SSSR count). The molecular formula is C19H18F2N4O. The van der Waals surface area contributed by atoms with Gasteiger partial charge in [0.05, 0.1) is 28.6 Å². The van der Waals surface area contributed by atoms with Gasteiger partial charge in [-0.2, -0.15) is 10.4 Å². The molecule has 2 aromatic rings. The van der Waals surface area contributed by atoms with E-state index in [1.54, 1.807) is 29.1 Å². The van der Waals surface area contributed by atoms with Crippen molar-refractivity contribution in [1.29, 1.82) is 5.26 Å². The fraction of sp³-hybridized carbons (Fsp3) is 0.421. The number of halogens is 2. The zero-order valence-electron chi connectivity index (χ0n) is 14.2. The zero-order chi connectivity index (χ0) is 18.3. The molecule has 1 saturated carbocycles. The monoisotopic (exact) mass is 356 g/mol. The van der Waals surface area contributed by atoms with Gasteiger partial charge in [-0.3, -0.25) is 4.79 Å². The van der Waals surface area contributed by atoms with Crippen molar-refractivity contribution in [3.8, 4) is 11.8 Å². The number of hydrogen-bond donors (Lipinski definition) is 0. The van der Waals surface area contributed by atoms with Crippen molar-refractivity contribution in [3.05, 3.63) is 47.3 Å². The number of rotatable bonds is 3. The standard InChI is InChI=1S/C19H18F2N4O/c20-19(21)6-9-24(10-7-19)18(26)15-4-1-13(12-22)11-17(15)25-8-5-16(23-25)14-2-3-14/h1,4-5,8,11,14H,2-3,6-7,9-10H2. The van der Waals surface area contributed by atoms with Crippen LogP contribution < -0.4 is 0 Å². The van der Waals surface area contributed by atoms with Gasteiger partial charge < -0.3 is 4.90 Å². The second kappa shape index (κ2) is 6.20. The van der Waals surface area contributed by atoms with Crippen molar-refractivity contribution >= 4 is 5.91 Å². The van der Waals surface area contributed by atoms with Crippen LogP contribution in [0.3, 0.4) is 0 Å². The number of hydrogen-bond acceptors (Lipinski definition) is 3. The summed E-state index contributed by atoms with van der Waals surface area (Å²) >= 11 is 0. The number of likely N-dealkylation sites (tertiary alicyclic amines) is 1. The summed E-state index contributed by atoms with van der Waals surface area (Å²) in [5.41, 5.74) is 2.28. The first-order valence-corrected chi connectivity index (χ1v) is 8.74. The van der Waals surface area contributed by atoms with Crippen molar-refractivity contribution in [2.24, 2.45) is 0 Å². The van der Waals surface area contributed by atoms with Gasteiger partial charge in [-0.1, -0.05) is 0 Å². The second-order valence-electron chi connectivity index (χ2n) is 6.95. The van der Waals surface area contributed by atoms with Crippen molar-refractivity contribution in [2.45, 2.75) is 37.5 Å². The van der Waals surface area contributed by atoms with E-state index in [9.17, 15) is 18.8 Å². The molecule has 1 saturated heterocycles.